The smallest absolute Gasteiger partial charge is 0.107 e. The predicted molar refractivity (Wildman–Crippen MR) is 45.3 cm³/mol. The van der Waals surface area contributed by atoms with Gasteiger partial charge >= 0.3 is 0 Å². The minimum Gasteiger partial charge on any atom is -0.386 e. The van der Waals surface area contributed by atoms with Gasteiger partial charge in [0.2, 0.25) is 0 Å². The Kier molecular flexibility index (Phi) is 2.27. The maximum atomic E-state index is 9.59. The molecule has 11 heavy (non-hydrogen) atoms. The lowest BCUT2D eigenvalue weighted by Crippen LogP contribution is -2.38. The van der Waals surface area contributed by atoms with Crippen LogP contribution in [0, 0.1) is 0 Å². The van der Waals surface area contributed by atoms with Gasteiger partial charge < -0.3 is 10.8 Å². The number of rotatable bonds is 2. The first-order valence-corrected chi connectivity index (χ1v) is 4.25. The number of aliphatic hydroxyl groups excluding tert-OH is 1. The largest absolute Gasteiger partial charge is 0.386 e. The maximum absolute atomic E-state index is 9.59. The van der Waals surface area contributed by atoms with E-state index in [9.17, 15) is 5.11 Å². The number of nitrogens with two attached hydrogens (primary N) is 1. The van der Waals surface area contributed by atoms with E-state index in [1.807, 2.05) is 0 Å². The summed E-state index contributed by atoms with van der Waals surface area (Å²) in [7, 11) is 0. The van der Waals surface area contributed by atoms with E-state index in [1.165, 1.54) is 11.3 Å². The average molecular weight is 172 g/mol. The summed E-state index contributed by atoms with van der Waals surface area (Å²) in [6, 6.07) is 0. The van der Waals surface area contributed by atoms with Gasteiger partial charge in [0.1, 0.15) is 6.10 Å². The molecule has 3 nitrogen and oxygen atoms in total. The third kappa shape index (κ3) is 1.99. The van der Waals surface area contributed by atoms with Crippen molar-refractivity contribution >= 4 is 11.3 Å². The molecule has 0 spiro atoms. The molecular formula is C7H12N2OS. The highest BCUT2D eigenvalue weighted by Gasteiger charge is 2.25. The van der Waals surface area contributed by atoms with Gasteiger partial charge in [0, 0.05) is 11.7 Å². The fraction of sp³-hybridized carbons (Fsp3) is 0.571. The van der Waals surface area contributed by atoms with E-state index in [-0.39, 0.29) is 0 Å². The summed E-state index contributed by atoms with van der Waals surface area (Å²) in [4.78, 5) is 4.68. The summed E-state index contributed by atoms with van der Waals surface area (Å²) in [5, 5.41) is 9.59. The van der Waals surface area contributed by atoms with Crippen molar-refractivity contribution in [3.63, 3.8) is 0 Å². The van der Waals surface area contributed by atoms with Crippen LogP contribution in [0.1, 0.15) is 24.8 Å². The first-order chi connectivity index (χ1) is 5.02. The Morgan fingerprint density at radius 1 is 1.73 bits per heavy atom. The van der Waals surface area contributed by atoms with E-state index in [1.54, 1.807) is 25.6 Å². The molecule has 1 aromatic rings. The molecule has 1 atom stereocenters. The lowest BCUT2D eigenvalue weighted by molar-refractivity contribution is 0.108. The van der Waals surface area contributed by atoms with Crippen LogP contribution in [0.4, 0.5) is 0 Å². The predicted octanol–water partition coefficient (Wildman–Crippen LogP) is 0.914. The van der Waals surface area contributed by atoms with Crippen molar-refractivity contribution in [2.75, 3.05) is 0 Å². The topological polar surface area (TPSA) is 59.1 Å². The molecule has 0 bridgehead atoms. The number of hydrogen-bond donors (Lipinski definition) is 2. The quantitative estimate of drug-likeness (QED) is 0.697. The van der Waals surface area contributed by atoms with Crippen LogP contribution >= 0.6 is 11.3 Å². The summed E-state index contributed by atoms with van der Waals surface area (Å²) in [6.07, 6.45) is 1.03. The molecule has 4 heteroatoms. The van der Waals surface area contributed by atoms with Crippen LogP contribution in [0.5, 0.6) is 0 Å². The van der Waals surface area contributed by atoms with Gasteiger partial charge in [-0.25, -0.2) is 0 Å². The second kappa shape index (κ2) is 2.89. The van der Waals surface area contributed by atoms with E-state index < -0.39 is 11.6 Å². The Bertz CT molecular complexity index is 215. The van der Waals surface area contributed by atoms with E-state index >= 15 is 0 Å². The van der Waals surface area contributed by atoms with Crippen LogP contribution in [0.15, 0.2) is 11.7 Å². The Morgan fingerprint density at radius 2 is 2.36 bits per heavy atom. The van der Waals surface area contributed by atoms with Crippen molar-refractivity contribution in [1.82, 2.24) is 4.98 Å². The molecular weight excluding hydrogens is 160 g/mol. The SMILES string of the molecule is CC(C)(N)C(O)c1cncs1. The van der Waals surface area contributed by atoms with Crippen molar-refractivity contribution in [1.29, 1.82) is 0 Å². The molecule has 62 valence electrons. The molecule has 0 radical (unpaired) electrons. The van der Waals surface area contributed by atoms with Gasteiger partial charge in [-0.2, -0.15) is 0 Å². The first kappa shape index (κ1) is 8.64. The van der Waals surface area contributed by atoms with Gasteiger partial charge in [0.05, 0.1) is 10.4 Å². The fourth-order valence-corrected chi connectivity index (χ4v) is 1.53. The third-order valence-corrected chi connectivity index (χ3v) is 2.25. The lowest BCUT2D eigenvalue weighted by atomic mass is 9.98. The standard InChI is InChI=1S/C7H12N2OS/c1-7(2,8)6(10)5-3-9-4-11-5/h3-4,6,10H,8H2,1-2H3. The normalized spacial score (nSPS) is 14.9. The monoisotopic (exact) mass is 172 g/mol. The van der Waals surface area contributed by atoms with Gasteiger partial charge in [0.25, 0.3) is 0 Å². The zero-order valence-corrected chi connectivity index (χ0v) is 7.43. The first-order valence-electron chi connectivity index (χ1n) is 3.37. The molecule has 1 heterocycles. The van der Waals surface area contributed by atoms with Crippen molar-refractivity contribution < 1.29 is 5.11 Å². The van der Waals surface area contributed by atoms with E-state index in [4.69, 9.17) is 5.73 Å². The van der Waals surface area contributed by atoms with Crippen LogP contribution in [0.25, 0.3) is 0 Å². The van der Waals surface area contributed by atoms with Gasteiger partial charge in [-0.05, 0) is 13.8 Å². The molecule has 0 aliphatic heterocycles. The number of thiazole rings is 1. The molecule has 0 fully saturated rings. The molecule has 1 aromatic heterocycles. The summed E-state index contributed by atoms with van der Waals surface area (Å²) in [5.74, 6) is 0. The molecule has 0 amide bonds. The van der Waals surface area contributed by atoms with Gasteiger partial charge in [0.15, 0.2) is 0 Å². The van der Waals surface area contributed by atoms with Crippen molar-refractivity contribution in [3.05, 3.63) is 16.6 Å². The summed E-state index contributed by atoms with van der Waals surface area (Å²) >= 11 is 1.42. The average Bonchev–Trinajstić information content (AvgIpc) is 2.34. The van der Waals surface area contributed by atoms with Gasteiger partial charge in [-0.3, -0.25) is 4.98 Å². The summed E-state index contributed by atoms with van der Waals surface area (Å²) in [6.45, 7) is 3.58. The van der Waals surface area contributed by atoms with Crippen LogP contribution in [-0.4, -0.2) is 15.6 Å². The zero-order valence-electron chi connectivity index (χ0n) is 6.61. The fourth-order valence-electron chi connectivity index (χ4n) is 0.727. The Hall–Kier alpha value is -0.450. The van der Waals surface area contributed by atoms with Crippen LogP contribution in [0.3, 0.4) is 0 Å². The summed E-state index contributed by atoms with van der Waals surface area (Å²) in [5.41, 5.74) is 6.79. The van der Waals surface area contributed by atoms with Crippen LogP contribution in [-0.2, 0) is 0 Å². The third-order valence-electron chi connectivity index (χ3n) is 1.43. The Labute approximate surface area is 69.9 Å². The summed E-state index contributed by atoms with van der Waals surface area (Å²) < 4.78 is 0. The van der Waals surface area contributed by atoms with Crippen molar-refractivity contribution in [2.45, 2.75) is 25.5 Å². The van der Waals surface area contributed by atoms with Crippen LogP contribution < -0.4 is 5.73 Å². The van der Waals surface area contributed by atoms with E-state index in [0.717, 1.165) is 4.88 Å². The molecule has 0 aliphatic rings. The maximum Gasteiger partial charge on any atom is 0.107 e. The second-order valence-electron chi connectivity index (χ2n) is 3.13. The Morgan fingerprint density at radius 3 is 2.73 bits per heavy atom. The highest BCUT2D eigenvalue weighted by molar-refractivity contribution is 7.09. The number of hydrogen-bond acceptors (Lipinski definition) is 4. The van der Waals surface area contributed by atoms with E-state index in [2.05, 4.69) is 4.98 Å². The minimum atomic E-state index is -0.616. The molecule has 1 rings (SSSR count). The number of aromatic nitrogens is 1. The van der Waals surface area contributed by atoms with Crippen molar-refractivity contribution in [2.24, 2.45) is 5.73 Å². The Balaban J connectivity index is 2.78. The second-order valence-corrected chi connectivity index (χ2v) is 4.05. The molecule has 0 saturated heterocycles. The van der Waals surface area contributed by atoms with Crippen LogP contribution in [0.2, 0.25) is 0 Å². The van der Waals surface area contributed by atoms with Gasteiger partial charge in [-0.15, -0.1) is 11.3 Å². The molecule has 0 aliphatic carbocycles. The highest BCUT2D eigenvalue weighted by atomic mass is 32.1. The van der Waals surface area contributed by atoms with E-state index in [0.29, 0.717) is 0 Å². The minimum absolute atomic E-state index is 0.591. The molecule has 0 aromatic carbocycles. The zero-order chi connectivity index (χ0) is 8.48. The molecule has 0 saturated carbocycles. The molecule has 3 N–H and O–H groups in total. The number of nitrogens with zero attached hydrogens (tertiary/aromatic N) is 1. The highest BCUT2D eigenvalue weighted by Crippen LogP contribution is 2.25. The number of aliphatic hydroxyl groups is 1. The molecule has 1 unspecified atom stereocenters. The van der Waals surface area contributed by atoms with Gasteiger partial charge in [-0.1, -0.05) is 0 Å². The van der Waals surface area contributed by atoms with Crippen molar-refractivity contribution in [3.8, 4) is 0 Å². The lowest BCUT2D eigenvalue weighted by Gasteiger charge is -2.24.